The molecule has 0 atom stereocenters. The van der Waals surface area contributed by atoms with Crippen molar-refractivity contribution in [3.63, 3.8) is 0 Å². The number of hydrogen-bond acceptors (Lipinski definition) is 3. The highest BCUT2D eigenvalue weighted by molar-refractivity contribution is 6.29. The van der Waals surface area contributed by atoms with E-state index in [-0.39, 0.29) is 48.5 Å². The fraction of sp³-hybridized carbons (Fsp3) is 0.231. The van der Waals surface area contributed by atoms with Gasteiger partial charge in [0.15, 0.2) is 0 Å². The molecule has 0 saturated heterocycles. The van der Waals surface area contributed by atoms with Gasteiger partial charge < -0.3 is 5.11 Å². The average Bonchev–Trinajstić information content (AvgIpc) is 3.13. The monoisotopic (exact) mass is 891 g/mol. The van der Waals surface area contributed by atoms with Gasteiger partial charge in [-0.15, -0.1) is 0 Å². The molecule has 1 heterocycles. The van der Waals surface area contributed by atoms with Crippen LogP contribution in [0.25, 0.3) is 44.2 Å². The third-order valence-electron chi connectivity index (χ3n) is 9.42. The van der Waals surface area contributed by atoms with E-state index in [2.05, 4.69) is 0 Å². The Morgan fingerprint density at radius 1 is 0.393 bits per heavy atom. The van der Waals surface area contributed by atoms with Crippen LogP contribution in [0.2, 0.25) is 0 Å². The lowest BCUT2D eigenvalue weighted by molar-refractivity contribution is -0.144. The van der Waals surface area contributed by atoms with Crippen LogP contribution in [0.3, 0.4) is 0 Å². The highest BCUT2D eigenvalue weighted by atomic mass is 19.4. The van der Waals surface area contributed by atoms with Crippen LogP contribution in [-0.4, -0.2) is 35.0 Å². The van der Waals surface area contributed by atoms with Crippen LogP contribution in [0.1, 0.15) is 60.5 Å². The van der Waals surface area contributed by atoms with E-state index in [1.165, 1.54) is 0 Å². The summed E-state index contributed by atoms with van der Waals surface area (Å²) < 4.78 is 254. The predicted molar refractivity (Wildman–Crippen MR) is 177 cm³/mol. The Morgan fingerprint density at radius 2 is 0.721 bits per heavy atom. The van der Waals surface area contributed by atoms with E-state index in [1.54, 1.807) is 0 Å². The third kappa shape index (κ3) is 8.71. The van der Waals surface area contributed by atoms with Crippen molar-refractivity contribution in [3.05, 3.63) is 117 Å². The van der Waals surface area contributed by atoms with Crippen molar-refractivity contribution < 1.29 is 93.7 Å². The second-order valence-electron chi connectivity index (χ2n) is 13.5. The zero-order chi connectivity index (χ0) is 45.6. The van der Waals surface area contributed by atoms with Crippen molar-refractivity contribution in [2.45, 2.75) is 43.5 Å². The van der Waals surface area contributed by atoms with Crippen LogP contribution in [-0.2, 0) is 37.1 Å². The molecule has 0 aromatic heterocycles. The molecular weight excluding hydrogens is 872 g/mol. The van der Waals surface area contributed by atoms with Crippen molar-refractivity contribution in [1.82, 2.24) is 4.90 Å². The number of carbonyl (C=O) groups is 2. The molecule has 5 aromatic rings. The Labute approximate surface area is 328 Å². The summed E-state index contributed by atoms with van der Waals surface area (Å²) in [6, 6.07) is 0.716. The van der Waals surface area contributed by atoms with E-state index in [4.69, 9.17) is 0 Å². The minimum absolute atomic E-state index is 0.0000645. The third-order valence-corrected chi connectivity index (χ3v) is 9.42. The molecule has 1 aliphatic heterocycles. The average molecular weight is 892 g/mol. The summed E-state index contributed by atoms with van der Waals surface area (Å²) in [5.41, 5.74) is -20.7. The molecular formula is C39H19F18NO3. The van der Waals surface area contributed by atoms with Crippen molar-refractivity contribution in [1.29, 1.82) is 0 Å². The summed E-state index contributed by atoms with van der Waals surface area (Å²) in [5, 5.41) is 7.69. The van der Waals surface area contributed by atoms with Gasteiger partial charge in [-0.05, 0) is 118 Å². The molecule has 0 aliphatic carbocycles. The summed E-state index contributed by atoms with van der Waals surface area (Å²) in [6.45, 7) is -1.43. The summed E-state index contributed by atoms with van der Waals surface area (Å²) >= 11 is 0. The topological polar surface area (TPSA) is 57.6 Å². The van der Waals surface area contributed by atoms with E-state index in [0.29, 0.717) is 23.1 Å². The maximum Gasteiger partial charge on any atom is 0.416 e. The first kappa shape index (κ1) is 44.7. The summed E-state index contributed by atoms with van der Waals surface area (Å²) in [5.74, 6) is -2.84. The molecule has 2 amide bonds. The fourth-order valence-electron chi connectivity index (χ4n) is 6.75. The molecule has 22 heteroatoms. The largest absolute Gasteiger partial charge is 0.416 e. The van der Waals surface area contributed by atoms with Crippen molar-refractivity contribution in [2.75, 3.05) is 13.2 Å². The van der Waals surface area contributed by atoms with Gasteiger partial charge in [0.2, 0.25) is 0 Å². The lowest BCUT2D eigenvalue weighted by atomic mass is 9.81. The molecule has 324 valence electrons. The van der Waals surface area contributed by atoms with E-state index >= 15 is 0 Å². The van der Waals surface area contributed by atoms with E-state index in [9.17, 15) is 93.7 Å². The van der Waals surface area contributed by atoms with Gasteiger partial charge in [0.25, 0.3) is 11.8 Å². The Kier molecular flexibility index (Phi) is 10.8. The molecule has 61 heavy (non-hydrogen) atoms. The lowest BCUT2D eigenvalue weighted by Gasteiger charge is -2.30. The van der Waals surface area contributed by atoms with Gasteiger partial charge >= 0.3 is 37.1 Å². The number of halogens is 18. The highest BCUT2D eigenvalue weighted by Crippen LogP contribution is 2.50. The molecule has 1 N–H and O–H groups in total. The number of hydrogen-bond donors (Lipinski definition) is 1. The predicted octanol–water partition coefficient (Wildman–Crippen LogP) is 12.9. The SMILES string of the molecule is O=C1c2cc(-c3cc(C(F)(F)F)cc(C(F)(F)F)c3)cc3c(-c4cc(C(F)(F)F)cc(C(F)(F)F)c4)c(-c4cc(C(F)(F)F)cc(C(F)(F)F)c4)cc(c23)C(=O)N1CCCO. The minimum Gasteiger partial charge on any atom is -0.396 e. The smallest absolute Gasteiger partial charge is 0.396 e. The number of alkyl halides is 18. The second-order valence-corrected chi connectivity index (χ2v) is 13.5. The molecule has 0 fully saturated rings. The van der Waals surface area contributed by atoms with Crippen LogP contribution in [0, 0.1) is 0 Å². The fourth-order valence-corrected chi connectivity index (χ4v) is 6.75. The van der Waals surface area contributed by atoms with Gasteiger partial charge in [0.05, 0.1) is 33.4 Å². The quantitative estimate of drug-likeness (QED) is 0.136. The van der Waals surface area contributed by atoms with Crippen molar-refractivity contribution >= 4 is 22.6 Å². The molecule has 0 unspecified atom stereocenters. The molecule has 0 bridgehead atoms. The number of nitrogens with zero attached hydrogens (tertiary/aromatic N) is 1. The maximum absolute atomic E-state index is 14.2. The molecule has 5 aromatic carbocycles. The van der Waals surface area contributed by atoms with Crippen molar-refractivity contribution in [3.8, 4) is 33.4 Å². The van der Waals surface area contributed by atoms with E-state index < -0.39 is 163 Å². The molecule has 0 saturated carbocycles. The number of carbonyl (C=O) groups excluding carboxylic acids is 2. The Balaban J connectivity index is 1.91. The van der Waals surface area contributed by atoms with Crippen LogP contribution in [0.15, 0.2) is 72.8 Å². The zero-order valence-electron chi connectivity index (χ0n) is 29.6. The molecule has 4 nitrogen and oxygen atoms in total. The van der Waals surface area contributed by atoms with Gasteiger partial charge in [0.1, 0.15) is 0 Å². The standard InChI is InChI=1S/C39H19F18NO3/c40-34(41,42)20-4-16(5-21(12-20)35(43,44)45)17-10-27-30(19-8-24(38(52,53)54)14-25(9-19)39(55,56)57)26(18-6-22(36(46,47)48)13-23(7-18)37(49,50)51)15-29-31(27)28(11-17)32(60)58(33(29)61)2-1-3-59/h4-15,59H,1-3H2. The summed E-state index contributed by atoms with van der Waals surface area (Å²) in [7, 11) is 0. The first-order chi connectivity index (χ1) is 27.8. The van der Waals surface area contributed by atoms with Crippen LogP contribution >= 0.6 is 0 Å². The number of aliphatic hydroxyl groups is 1. The van der Waals surface area contributed by atoms with Crippen LogP contribution < -0.4 is 0 Å². The Bertz CT molecular complexity index is 2480. The molecule has 6 rings (SSSR count). The highest BCUT2D eigenvalue weighted by Gasteiger charge is 2.42. The Morgan fingerprint density at radius 3 is 1.08 bits per heavy atom. The number of rotatable bonds is 6. The number of aliphatic hydroxyl groups excluding tert-OH is 1. The first-order valence-electron chi connectivity index (χ1n) is 16.8. The van der Waals surface area contributed by atoms with Crippen LogP contribution in [0.4, 0.5) is 79.0 Å². The second kappa shape index (κ2) is 14.7. The maximum atomic E-state index is 14.2. The van der Waals surface area contributed by atoms with E-state index in [0.717, 1.165) is 0 Å². The number of benzene rings is 5. The van der Waals surface area contributed by atoms with Gasteiger partial charge in [0, 0.05) is 29.7 Å². The molecule has 0 radical (unpaired) electrons. The lowest BCUT2D eigenvalue weighted by Crippen LogP contribution is -2.41. The summed E-state index contributed by atoms with van der Waals surface area (Å²) in [6.07, 6.45) is -34.0. The van der Waals surface area contributed by atoms with Gasteiger partial charge in [-0.1, -0.05) is 0 Å². The normalized spacial score (nSPS) is 14.4. The van der Waals surface area contributed by atoms with Crippen LogP contribution in [0.5, 0.6) is 0 Å². The Hall–Kier alpha value is -5.80. The van der Waals surface area contributed by atoms with Gasteiger partial charge in [-0.2, -0.15) is 79.0 Å². The summed E-state index contributed by atoms with van der Waals surface area (Å²) in [4.78, 5) is 28.3. The van der Waals surface area contributed by atoms with Gasteiger partial charge in [-0.3, -0.25) is 14.5 Å². The molecule has 1 aliphatic rings. The van der Waals surface area contributed by atoms with Gasteiger partial charge in [-0.25, -0.2) is 0 Å². The zero-order valence-corrected chi connectivity index (χ0v) is 29.6. The number of imide groups is 1. The number of amides is 2. The molecule has 0 spiro atoms. The van der Waals surface area contributed by atoms with E-state index in [1.807, 2.05) is 0 Å². The first-order valence-corrected chi connectivity index (χ1v) is 16.8. The van der Waals surface area contributed by atoms with Crippen molar-refractivity contribution in [2.24, 2.45) is 0 Å². The minimum atomic E-state index is -5.65.